The standard InChI is InChI=1S/C18H14ClFN2O2/c1-24-16-5-4-11(7-14(16)20)8-17(23)22-15-10-13(19)9-12-3-2-6-21-18(12)15/h2-7,9-10H,8H2,1H3,(H,22,23). The van der Waals surface area contributed by atoms with Crippen molar-refractivity contribution in [3.05, 3.63) is 65.1 Å². The highest BCUT2D eigenvalue weighted by atomic mass is 35.5. The molecule has 0 unspecified atom stereocenters. The zero-order chi connectivity index (χ0) is 17.1. The van der Waals surface area contributed by atoms with E-state index in [0.717, 1.165) is 5.39 Å². The Bertz CT molecular complexity index is 915. The molecule has 122 valence electrons. The number of halogens is 2. The van der Waals surface area contributed by atoms with Crippen molar-refractivity contribution < 1.29 is 13.9 Å². The normalized spacial score (nSPS) is 10.6. The van der Waals surface area contributed by atoms with E-state index in [-0.39, 0.29) is 18.1 Å². The second-order valence-corrected chi connectivity index (χ2v) is 5.66. The van der Waals surface area contributed by atoms with Gasteiger partial charge in [0.1, 0.15) is 0 Å². The summed E-state index contributed by atoms with van der Waals surface area (Å²) in [5.74, 6) is -0.643. The minimum absolute atomic E-state index is 0.0295. The van der Waals surface area contributed by atoms with Crippen LogP contribution in [0.1, 0.15) is 5.56 Å². The summed E-state index contributed by atoms with van der Waals surface area (Å²) in [5, 5.41) is 4.11. The van der Waals surface area contributed by atoms with Crippen molar-refractivity contribution in [2.75, 3.05) is 12.4 Å². The zero-order valence-electron chi connectivity index (χ0n) is 12.8. The SMILES string of the molecule is COc1ccc(CC(=O)Nc2cc(Cl)cc3cccnc23)cc1F. The Morgan fingerprint density at radius 3 is 2.88 bits per heavy atom. The van der Waals surface area contributed by atoms with Crippen LogP contribution >= 0.6 is 11.6 Å². The number of benzene rings is 2. The molecule has 1 N–H and O–H groups in total. The summed E-state index contributed by atoms with van der Waals surface area (Å²) in [6.45, 7) is 0. The van der Waals surface area contributed by atoms with Gasteiger partial charge in [-0.15, -0.1) is 0 Å². The Morgan fingerprint density at radius 1 is 1.29 bits per heavy atom. The Balaban J connectivity index is 1.81. The van der Waals surface area contributed by atoms with Gasteiger partial charge in [0.25, 0.3) is 0 Å². The highest BCUT2D eigenvalue weighted by Gasteiger charge is 2.11. The Labute approximate surface area is 143 Å². The maximum Gasteiger partial charge on any atom is 0.228 e. The molecule has 4 nitrogen and oxygen atoms in total. The first-order chi connectivity index (χ1) is 11.6. The molecule has 1 heterocycles. The van der Waals surface area contributed by atoms with Gasteiger partial charge < -0.3 is 10.1 Å². The average molecular weight is 345 g/mol. The number of nitrogens with zero attached hydrogens (tertiary/aromatic N) is 1. The number of methoxy groups -OCH3 is 1. The van der Waals surface area contributed by atoms with E-state index in [0.29, 0.717) is 21.8 Å². The maximum absolute atomic E-state index is 13.7. The smallest absolute Gasteiger partial charge is 0.228 e. The number of hydrogen-bond donors (Lipinski definition) is 1. The first-order valence-corrected chi connectivity index (χ1v) is 7.61. The van der Waals surface area contributed by atoms with Crippen molar-refractivity contribution in [2.24, 2.45) is 0 Å². The van der Waals surface area contributed by atoms with E-state index in [2.05, 4.69) is 10.3 Å². The van der Waals surface area contributed by atoms with Crippen molar-refractivity contribution >= 4 is 34.1 Å². The largest absolute Gasteiger partial charge is 0.494 e. The summed E-state index contributed by atoms with van der Waals surface area (Å²) in [6, 6.07) is 11.5. The fourth-order valence-corrected chi connectivity index (χ4v) is 2.68. The molecule has 3 rings (SSSR count). The van der Waals surface area contributed by atoms with Crippen molar-refractivity contribution in [2.45, 2.75) is 6.42 Å². The fourth-order valence-electron chi connectivity index (χ4n) is 2.45. The Kier molecular flexibility index (Phi) is 4.62. The van der Waals surface area contributed by atoms with Crippen molar-refractivity contribution in [3.63, 3.8) is 0 Å². The van der Waals surface area contributed by atoms with E-state index in [1.807, 2.05) is 6.07 Å². The van der Waals surface area contributed by atoms with Gasteiger partial charge in [0.15, 0.2) is 11.6 Å². The van der Waals surface area contributed by atoms with Crippen LogP contribution in [0, 0.1) is 5.82 Å². The minimum Gasteiger partial charge on any atom is -0.494 e. The molecule has 24 heavy (non-hydrogen) atoms. The Morgan fingerprint density at radius 2 is 2.12 bits per heavy atom. The lowest BCUT2D eigenvalue weighted by Crippen LogP contribution is -2.15. The van der Waals surface area contributed by atoms with Gasteiger partial charge in [-0.1, -0.05) is 23.7 Å². The van der Waals surface area contributed by atoms with Crippen LogP contribution in [0.2, 0.25) is 5.02 Å². The molecule has 0 bridgehead atoms. The second kappa shape index (κ2) is 6.84. The fraction of sp³-hybridized carbons (Fsp3) is 0.111. The van der Waals surface area contributed by atoms with Crippen LogP contribution in [0.5, 0.6) is 5.75 Å². The van der Waals surface area contributed by atoms with Gasteiger partial charge in [0.05, 0.1) is 24.7 Å². The quantitative estimate of drug-likeness (QED) is 0.771. The van der Waals surface area contributed by atoms with Gasteiger partial charge in [0, 0.05) is 16.6 Å². The minimum atomic E-state index is -0.502. The molecule has 0 radical (unpaired) electrons. The van der Waals surface area contributed by atoms with Crippen LogP contribution in [0.25, 0.3) is 10.9 Å². The summed E-state index contributed by atoms with van der Waals surface area (Å²) >= 11 is 6.08. The molecule has 2 aromatic carbocycles. The van der Waals surface area contributed by atoms with Crippen LogP contribution in [0.4, 0.5) is 10.1 Å². The molecule has 0 atom stereocenters. The Hall–Kier alpha value is -2.66. The van der Waals surface area contributed by atoms with Gasteiger partial charge in [-0.2, -0.15) is 0 Å². The molecule has 0 aliphatic carbocycles. The molecule has 0 fully saturated rings. The molecular weight excluding hydrogens is 331 g/mol. The molecule has 0 aliphatic rings. The van der Waals surface area contributed by atoms with E-state index >= 15 is 0 Å². The molecule has 3 aromatic rings. The van der Waals surface area contributed by atoms with E-state index in [4.69, 9.17) is 16.3 Å². The zero-order valence-corrected chi connectivity index (χ0v) is 13.6. The highest BCUT2D eigenvalue weighted by Crippen LogP contribution is 2.26. The van der Waals surface area contributed by atoms with Crippen LogP contribution < -0.4 is 10.1 Å². The number of hydrogen-bond acceptors (Lipinski definition) is 3. The number of anilines is 1. The van der Waals surface area contributed by atoms with Gasteiger partial charge in [-0.3, -0.25) is 9.78 Å². The highest BCUT2D eigenvalue weighted by molar-refractivity contribution is 6.32. The lowest BCUT2D eigenvalue weighted by molar-refractivity contribution is -0.115. The molecule has 0 spiro atoms. The number of rotatable bonds is 4. The number of carbonyl (C=O) groups is 1. The number of amides is 1. The number of nitrogens with one attached hydrogen (secondary N) is 1. The van der Waals surface area contributed by atoms with Crippen molar-refractivity contribution in [1.29, 1.82) is 0 Å². The van der Waals surface area contributed by atoms with Crippen LogP contribution in [0.3, 0.4) is 0 Å². The number of carbonyl (C=O) groups excluding carboxylic acids is 1. The van der Waals surface area contributed by atoms with Gasteiger partial charge >= 0.3 is 0 Å². The summed E-state index contributed by atoms with van der Waals surface area (Å²) in [6.07, 6.45) is 1.67. The first-order valence-electron chi connectivity index (χ1n) is 7.23. The third-order valence-corrected chi connectivity index (χ3v) is 3.74. The van der Waals surface area contributed by atoms with Crippen LogP contribution in [-0.4, -0.2) is 18.0 Å². The van der Waals surface area contributed by atoms with E-state index in [9.17, 15) is 9.18 Å². The van der Waals surface area contributed by atoms with Crippen molar-refractivity contribution in [1.82, 2.24) is 4.98 Å². The molecule has 0 aliphatic heterocycles. The van der Waals surface area contributed by atoms with Crippen molar-refractivity contribution in [3.8, 4) is 5.75 Å². The summed E-state index contributed by atoms with van der Waals surface area (Å²) in [7, 11) is 1.39. The molecule has 1 amide bonds. The summed E-state index contributed by atoms with van der Waals surface area (Å²) in [4.78, 5) is 16.5. The molecule has 1 aromatic heterocycles. The predicted octanol–water partition coefficient (Wildman–Crippen LogP) is 4.22. The monoisotopic (exact) mass is 344 g/mol. The van der Waals surface area contributed by atoms with E-state index in [1.165, 1.54) is 19.2 Å². The van der Waals surface area contributed by atoms with Crippen LogP contribution in [0.15, 0.2) is 48.7 Å². The molecule has 6 heteroatoms. The first kappa shape index (κ1) is 16.2. The molecular formula is C18H14ClFN2O2. The van der Waals surface area contributed by atoms with E-state index < -0.39 is 5.82 Å². The molecule has 0 saturated carbocycles. The summed E-state index contributed by atoms with van der Waals surface area (Å²) in [5.41, 5.74) is 1.72. The second-order valence-electron chi connectivity index (χ2n) is 5.22. The van der Waals surface area contributed by atoms with Gasteiger partial charge in [-0.25, -0.2) is 4.39 Å². The number of fused-ring (bicyclic) bond motifs is 1. The van der Waals surface area contributed by atoms with Crippen LogP contribution in [-0.2, 0) is 11.2 Å². The maximum atomic E-state index is 13.7. The van der Waals surface area contributed by atoms with E-state index in [1.54, 1.807) is 30.5 Å². The lowest BCUT2D eigenvalue weighted by atomic mass is 10.1. The number of aromatic nitrogens is 1. The van der Waals surface area contributed by atoms with Gasteiger partial charge in [-0.05, 0) is 35.9 Å². The topological polar surface area (TPSA) is 51.2 Å². The third kappa shape index (κ3) is 3.46. The third-order valence-electron chi connectivity index (χ3n) is 3.52. The average Bonchev–Trinajstić information content (AvgIpc) is 2.54. The van der Waals surface area contributed by atoms with Gasteiger partial charge in [0.2, 0.25) is 5.91 Å². The molecule has 0 saturated heterocycles. The number of ether oxygens (including phenoxy) is 1. The number of pyridine rings is 1. The lowest BCUT2D eigenvalue weighted by Gasteiger charge is -2.09. The summed E-state index contributed by atoms with van der Waals surface area (Å²) < 4.78 is 18.6. The predicted molar refractivity (Wildman–Crippen MR) is 92.0 cm³/mol.